The number of hydrogen-bond acceptors (Lipinski definition) is 4. The van der Waals surface area contributed by atoms with E-state index >= 15 is 0 Å². The standard InChI is InChI=1S/C20H20N2O3S2/c1-14-4-3-5-19(15(14)2)22-27(24,25)18-8-6-17(7-9-18)20(23)21-12-16-10-11-26-13-16/h3-11,13,22H,12H2,1-2H3,(H,21,23). The summed E-state index contributed by atoms with van der Waals surface area (Å²) in [7, 11) is -3.72. The number of anilines is 1. The van der Waals surface area contributed by atoms with Gasteiger partial charge in [0.1, 0.15) is 0 Å². The monoisotopic (exact) mass is 400 g/mol. The van der Waals surface area contributed by atoms with Crippen molar-refractivity contribution >= 4 is 33.0 Å². The number of carbonyl (C=O) groups is 1. The molecule has 3 rings (SSSR count). The highest BCUT2D eigenvalue weighted by atomic mass is 32.2. The van der Waals surface area contributed by atoms with Crippen LogP contribution in [-0.4, -0.2) is 14.3 Å². The predicted molar refractivity (Wildman–Crippen MR) is 109 cm³/mol. The van der Waals surface area contributed by atoms with E-state index in [1.54, 1.807) is 23.5 Å². The molecule has 0 aliphatic rings. The summed E-state index contributed by atoms with van der Waals surface area (Å²) in [6.45, 7) is 4.24. The molecule has 2 N–H and O–H groups in total. The van der Waals surface area contributed by atoms with Crippen molar-refractivity contribution in [2.24, 2.45) is 0 Å². The maximum Gasteiger partial charge on any atom is 0.261 e. The summed E-state index contributed by atoms with van der Waals surface area (Å²) in [5, 5.41) is 6.73. The largest absolute Gasteiger partial charge is 0.348 e. The summed E-state index contributed by atoms with van der Waals surface area (Å²) in [6, 6.07) is 13.3. The van der Waals surface area contributed by atoms with Crippen molar-refractivity contribution in [1.29, 1.82) is 0 Å². The van der Waals surface area contributed by atoms with E-state index in [-0.39, 0.29) is 10.8 Å². The molecule has 0 aliphatic heterocycles. The topological polar surface area (TPSA) is 75.3 Å². The fraction of sp³-hybridized carbons (Fsp3) is 0.150. The van der Waals surface area contributed by atoms with Gasteiger partial charge < -0.3 is 5.32 Å². The molecule has 0 bridgehead atoms. The molecule has 7 heteroatoms. The first kappa shape index (κ1) is 19.1. The third kappa shape index (κ3) is 4.56. The van der Waals surface area contributed by atoms with E-state index in [9.17, 15) is 13.2 Å². The van der Waals surface area contributed by atoms with Crippen LogP contribution in [0.2, 0.25) is 0 Å². The predicted octanol–water partition coefficient (Wildman–Crippen LogP) is 4.10. The second-order valence-electron chi connectivity index (χ2n) is 6.19. The van der Waals surface area contributed by atoms with E-state index in [2.05, 4.69) is 10.0 Å². The van der Waals surface area contributed by atoms with Gasteiger partial charge in [0.25, 0.3) is 15.9 Å². The Balaban J connectivity index is 1.71. The van der Waals surface area contributed by atoms with Crippen LogP contribution in [0.5, 0.6) is 0 Å². The second-order valence-corrected chi connectivity index (χ2v) is 8.65. The lowest BCUT2D eigenvalue weighted by molar-refractivity contribution is 0.0951. The molecular weight excluding hydrogens is 380 g/mol. The first-order valence-electron chi connectivity index (χ1n) is 8.35. The first-order valence-corrected chi connectivity index (χ1v) is 10.8. The SMILES string of the molecule is Cc1cccc(NS(=O)(=O)c2ccc(C(=O)NCc3ccsc3)cc2)c1C. The number of rotatable bonds is 6. The zero-order valence-electron chi connectivity index (χ0n) is 15.0. The third-order valence-corrected chi connectivity index (χ3v) is 6.42. The van der Waals surface area contributed by atoms with Crippen molar-refractivity contribution < 1.29 is 13.2 Å². The summed E-state index contributed by atoms with van der Waals surface area (Å²) in [5.74, 6) is -0.243. The fourth-order valence-electron chi connectivity index (χ4n) is 2.53. The molecule has 2 aromatic carbocycles. The molecule has 1 amide bonds. The molecule has 140 valence electrons. The van der Waals surface area contributed by atoms with Gasteiger partial charge in [-0.05, 0) is 77.7 Å². The Morgan fingerprint density at radius 3 is 2.44 bits per heavy atom. The zero-order chi connectivity index (χ0) is 19.4. The van der Waals surface area contributed by atoms with Gasteiger partial charge in [-0.25, -0.2) is 8.42 Å². The Hall–Kier alpha value is -2.64. The van der Waals surface area contributed by atoms with Crippen molar-refractivity contribution in [3.8, 4) is 0 Å². The Kier molecular flexibility index (Phi) is 5.62. The average molecular weight is 401 g/mol. The summed E-state index contributed by atoms with van der Waals surface area (Å²) in [6.07, 6.45) is 0. The molecular formula is C20H20N2O3S2. The van der Waals surface area contributed by atoms with E-state index in [1.807, 2.05) is 36.7 Å². The number of nitrogens with one attached hydrogen (secondary N) is 2. The van der Waals surface area contributed by atoms with Crippen molar-refractivity contribution in [2.75, 3.05) is 4.72 Å². The highest BCUT2D eigenvalue weighted by Crippen LogP contribution is 2.22. The van der Waals surface area contributed by atoms with Crippen LogP contribution in [0.4, 0.5) is 5.69 Å². The van der Waals surface area contributed by atoms with Gasteiger partial charge in [0, 0.05) is 12.1 Å². The van der Waals surface area contributed by atoms with E-state index < -0.39 is 10.0 Å². The van der Waals surface area contributed by atoms with E-state index in [4.69, 9.17) is 0 Å². The summed E-state index contributed by atoms with van der Waals surface area (Å²) < 4.78 is 27.8. The lowest BCUT2D eigenvalue weighted by atomic mass is 10.1. The second kappa shape index (κ2) is 7.94. The van der Waals surface area contributed by atoms with Gasteiger partial charge in [-0.1, -0.05) is 12.1 Å². The average Bonchev–Trinajstić information content (AvgIpc) is 3.17. The number of carbonyl (C=O) groups excluding carboxylic acids is 1. The van der Waals surface area contributed by atoms with Crippen LogP contribution >= 0.6 is 11.3 Å². The highest BCUT2D eigenvalue weighted by molar-refractivity contribution is 7.92. The molecule has 0 fully saturated rings. The molecule has 5 nitrogen and oxygen atoms in total. The Morgan fingerprint density at radius 2 is 1.78 bits per heavy atom. The Bertz CT molecular complexity index is 1040. The quantitative estimate of drug-likeness (QED) is 0.654. The van der Waals surface area contributed by atoms with Crippen LogP contribution in [0.15, 0.2) is 64.2 Å². The van der Waals surface area contributed by atoms with Crippen LogP contribution < -0.4 is 10.0 Å². The minimum atomic E-state index is -3.72. The number of aryl methyl sites for hydroxylation is 1. The molecule has 0 saturated heterocycles. The number of amides is 1. The normalized spacial score (nSPS) is 11.2. The molecule has 0 saturated carbocycles. The van der Waals surface area contributed by atoms with Gasteiger partial charge >= 0.3 is 0 Å². The van der Waals surface area contributed by atoms with Crippen LogP contribution in [-0.2, 0) is 16.6 Å². The number of hydrogen-bond donors (Lipinski definition) is 2. The number of sulfonamides is 1. The Morgan fingerprint density at radius 1 is 1.04 bits per heavy atom. The molecule has 0 atom stereocenters. The first-order chi connectivity index (χ1) is 12.9. The van der Waals surface area contributed by atoms with Gasteiger partial charge in [-0.2, -0.15) is 11.3 Å². The van der Waals surface area contributed by atoms with Crippen LogP contribution in [0.1, 0.15) is 27.0 Å². The Labute approximate surface area is 163 Å². The molecule has 3 aromatic rings. The van der Waals surface area contributed by atoms with Crippen LogP contribution in [0.25, 0.3) is 0 Å². The molecule has 0 spiro atoms. The lowest BCUT2D eigenvalue weighted by Gasteiger charge is -2.12. The third-order valence-electron chi connectivity index (χ3n) is 4.31. The minimum Gasteiger partial charge on any atom is -0.348 e. The molecule has 27 heavy (non-hydrogen) atoms. The van der Waals surface area contributed by atoms with Crippen LogP contribution in [0, 0.1) is 13.8 Å². The molecule has 0 unspecified atom stereocenters. The molecule has 1 heterocycles. The maximum absolute atomic E-state index is 12.6. The van der Waals surface area contributed by atoms with Crippen molar-refractivity contribution in [3.05, 3.63) is 81.5 Å². The van der Waals surface area contributed by atoms with E-state index in [0.717, 1.165) is 16.7 Å². The van der Waals surface area contributed by atoms with Gasteiger partial charge in [0.05, 0.1) is 10.6 Å². The van der Waals surface area contributed by atoms with E-state index in [0.29, 0.717) is 17.8 Å². The smallest absolute Gasteiger partial charge is 0.261 e. The zero-order valence-corrected chi connectivity index (χ0v) is 16.7. The van der Waals surface area contributed by atoms with Gasteiger partial charge in [0.2, 0.25) is 0 Å². The number of thiophene rings is 1. The van der Waals surface area contributed by atoms with Gasteiger partial charge in [0.15, 0.2) is 0 Å². The maximum atomic E-state index is 12.6. The molecule has 1 aromatic heterocycles. The van der Waals surface area contributed by atoms with Gasteiger partial charge in [-0.3, -0.25) is 9.52 Å². The number of benzene rings is 2. The van der Waals surface area contributed by atoms with Gasteiger partial charge in [-0.15, -0.1) is 0 Å². The fourth-order valence-corrected chi connectivity index (χ4v) is 4.32. The van der Waals surface area contributed by atoms with Crippen molar-refractivity contribution in [3.63, 3.8) is 0 Å². The highest BCUT2D eigenvalue weighted by Gasteiger charge is 2.16. The van der Waals surface area contributed by atoms with E-state index in [1.165, 1.54) is 24.3 Å². The van der Waals surface area contributed by atoms with Crippen molar-refractivity contribution in [2.45, 2.75) is 25.3 Å². The summed E-state index contributed by atoms with van der Waals surface area (Å²) >= 11 is 1.57. The molecule has 0 radical (unpaired) electrons. The van der Waals surface area contributed by atoms with Crippen LogP contribution in [0.3, 0.4) is 0 Å². The summed E-state index contributed by atoms with van der Waals surface area (Å²) in [4.78, 5) is 12.3. The van der Waals surface area contributed by atoms with Crippen molar-refractivity contribution in [1.82, 2.24) is 5.32 Å². The summed E-state index contributed by atoms with van der Waals surface area (Å²) in [5.41, 5.74) is 3.88. The minimum absolute atomic E-state index is 0.109. The lowest BCUT2D eigenvalue weighted by Crippen LogP contribution is -2.22. The molecule has 0 aliphatic carbocycles.